The van der Waals surface area contributed by atoms with Gasteiger partial charge in [-0.3, -0.25) is 10.1 Å². The number of nitro groups is 1. The summed E-state index contributed by atoms with van der Waals surface area (Å²) in [7, 11) is 0. The summed E-state index contributed by atoms with van der Waals surface area (Å²) in [5.41, 5.74) is 0.950. The Morgan fingerprint density at radius 1 is 1.21 bits per heavy atom. The molecule has 1 unspecified atom stereocenters. The first kappa shape index (κ1) is 16.3. The minimum Gasteiger partial charge on any atom is -0.442 e. The Kier molecular flexibility index (Phi) is 4.42. The highest BCUT2D eigenvalue weighted by molar-refractivity contribution is 6.35. The zero-order valence-corrected chi connectivity index (χ0v) is 13.5. The van der Waals surface area contributed by atoms with Crippen molar-refractivity contribution in [3.63, 3.8) is 0 Å². The molecule has 1 N–H and O–H groups in total. The maximum absolute atomic E-state index is 11.8. The number of halogens is 2. The van der Waals surface area contributed by atoms with Crippen LogP contribution in [0.4, 0.5) is 5.69 Å². The normalized spacial score (nSPS) is 16.5. The Morgan fingerprint density at radius 2 is 1.88 bits per heavy atom. The van der Waals surface area contributed by atoms with Crippen molar-refractivity contribution >= 4 is 34.9 Å². The van der Waals surface area contributed by atoms with Gasteiger partial charge in [0.1, 0.15) is 0 Å². The summed E-state index contributed by atoms with van der Waals surface area (Å²) in [6, 6.07) is 11.2. The van der Waals surface area contributed by atoms with Crippen molar-refractivity contribution in [2.24, 2.45) is 0 Å². The van der Waals surface area contributed by atoms with Crippen LogP contribution in [0.5, 0.6) is 0 Å². The second kappa shape index (κ2) is 6.51. The average molecular weight is 365 g/mol. The maximum atomic E-state index is 11.8. The molecule has 1 heterocycles. The van der Waals surface area contributed by atoms with E-state index in [0.29, 0.717) is 26.9 Å². The van der Waals surface area contributed by atoms with E-state index in [1.54, 1.807) is 42.5 Å². The average Bonchev–Trinajstić information content (AvgIpc) is 2.84. The molecule has 0 aromatic heterocycles. The third-order valence-corrected chi connectivity index (χ3v) is 3.85. The fourth-order valence-electron chi connectivity index (χ4n) is 2.38. The van der Waals surface area contributed by atoms with Crippen LogP contribution < -0.4 is 5.32 Å². The molecule has 8 heteroatoms. The number of nitrogens with one attached hydrogen (secondary N) is 1. The van der Waals surface area contributed by atoms with E-state index in [1.165, 1.54) is 6.20 Å². The second-order valence-corrected chi connectivity index (χ2v) is 5.87. The molecule has 0 saturated heterocycles. The number of esters is 1. The summed E-state index contributed by atoms with van der Waals surface area (Å²) in [4.78, 5) is 22.7. The van der Waals surface area contributed by atoms with Crippen LogP contribution in [0.15, 0.2) is 54.4 Å². The summed E-state index contributed by atoms with van der Waals surface area (Å²) in [5.74, 6) is -0.589. The standard InChI is InChI=1S/C16H10Cl2N2O4/c17-9-5-10(18)7-11(6-9)19-8-14(20(22)23)15-12-3-1-2-4-13(12)16(21)24-15/h1-8,15,19H/b14-8-. The van der Waals surface area contributed by atoms with Crippen LogP contribution in [-0.2, 0) is 4.74 Å². The molecular formula is C16H10Cl2N2O4. The number of carbonyl (C=O) groups excluding carboxylic acids is 1. The number of nitrogens with zero attached hydrogens (tertiary/aromatic N) is 1. The van der Waals surface area contributed by atoms with E-state index in [4.69, 9.17) is 27.9 Å². The van der Waals surface area contributed by atoms with Crippen LogP contribution in [0.3, 0.4) is 0 Å². The van der Waals surface area contributed by atoms with Crippen LogP contribution in [0.25, 0.3) is 0 Å². The number of benzene rings is 2. The number of hydrogen-bond acceptors (Lipinski definition) is 5. The second-order valence-electron chi connectivity index (χ2n) is 5.00. The van der Waals surface area contributed by atoms with Crippen LogP contribution >= 0.6 is 23.2 Å². The van der Waals surface area contributed by atoms with Crippen molar-refractivity contribution in [2.45, 2.75) is 6.10 Å². The van der Waals surface area contributed by atoms with Gasteiger partial charge < -0.3 is 10.1 Å². The van der Waals surface area contributed by atoms with Crippen molar-refractivity contribution in [1.29, 1.82) is 0 Å². The molecule has 1 atom stereocenters. The lowest BCUT2D eigenvalue weighted by Gasteiger charge is -2.09. The zero-order chi connectivity index (χ0) is 17.3. The molecule has 0 spiro atoms. The number of cyclic esters (lactones) is 1. The third kappa shape index (κ3) is 3.20. The van der Waals surface area contributed by atoms with Gasteiger partial charge in [-0.05, 0) is 24.3 Å². The predicted molar refractivity (Wildman–Crippen MR) is 89.8 cm³/mol. The summed E-state index contributed by atoms with van der Waals surface area (Å²) in [5, 5.41) is 15.0. The number of ether oxygens (including phenoxy) is 1. The molecule has 3 rings (SSSR count). The number of hydrogen-bond donors (Lipinski definition) is 1. The first-order valence-corrected chi connectivity index (χ1v) is 7.58. The molecule has 2 aromatic carbocycles. The summed E-state index contributed by atoms with van der Waals surface area (Å²) < 4.78 is 5.15. The molecule has 6 nitrogen and oxygen atoms in total. The molecule has 0 fully saturated rings. The minimum atomic E-state index is -1.08. The fourth-order valence-corrected chi connectivity index (χ4v) is 2.91. The number of rotatable bonds is 4. The Balaban J connectivity index is 1.94. The highest BCUT2D eigenvalue weighted by Crippen LogP contribution is 2.36. The molecule has 0 aliphatic carbocycles. The molecule has 0 saturated carbocycles. The monoisotopic (exact) mass is 364 g/mol. The largest absolute Gasteiger partial charge is 0.442 e. The van der Waals surface area contributed by atoms with Crippen molar-refractivity contribution in [2.75, 3.05) is 5.32 Å². The number of fused-ring (bicyclic) bond motifs is 1. The molecule has 2 aromatic rings. The van der Waals surface area contributed by atoms with Crippen molar-refractivity contribution < 1.29 is 14.5 Å². The predicted octanol–water partition coefficient (Wildman–Crippen LogP) is 4.44. The van der Waals surface area contributed by atoms with Crippen LogP contribution in [0.1, 0.15) is 22.0 Å². The van der Waals surface area contributed by atoms with E-state index in [0.717, 1.165) is 0 Å². The van der Waals surface area contributed by atoms with Gasteiger partial charge in [-0.25, -0.2) is 4.79 Å². The molecule has 1 aliphatic heterocycles. The Labute approximate surface area is 146 Å². The van der Waals surface area contributed by atoms with Crippen LogP contribution in [0.2, 0.25) is 10.0 Å². The lowest BCUT2D eigenvalue weighted by atomic mass is 10.0. The van der Waals surface area contributed by atoms with Gasteiger partial charge in [0.25, 0.3) is 0 Å². The van der Waals surface area contributed by atoms with E-state index in [1.807, 2.05) is 0 Å². The minimum absolute atomic E-state index is 0.301. The van der Waals surface area contributed by atoms with Gasteiger partial charge >= 0.3 is 11.7 Å². The Morgan fingerprint density at radius 3 is 2.54 bits per heavy atom. The highest BCUT2D eigenvalue weighted by atomic mass is 35.5. The van der Waals surface area contributed by atoms with E-state index in [2.05, 4.69) is 5.32 Å². The van der Waals surface area contributed by atoms with Gasteiger partial charge in [0.05, 0.1) is 16.7 Å². The van der Waals surface area contributed by atoms with Gasteiger partial charge in [0.15, 0.2) is 0 Å². The summed E-state index contributed by atoms with van der Waals surface area (Å²) >= 11 is 11.8. The number of carbonyl (C=O) groups is 1. The molecular weight excluding hydrogens is 355 g/mol. The quantitative estimate of drug-likeness (QED) is 0.492. The topological polar surface area (TPSA) is 81.5 Å². The first-order valence-electron chi connectivity index (χ1n) is 6.82. The molecule has 1 aliphatic rings. The molecule has 0 bridgehead atoms. The van der Waals surface area contributed by atoms with Crippen molar-refractivity contribution in [1.82, 2.24) is 0 Å². The molecule has 0 radical (unpaired) electrons. The molecule has 0 amide bonds. The van der Waals surface area contributed by atoms with Crippen LogP contribution in [0, 0.1) is 10.1 Å². The third-order valence-electron chi connectivity index (χ3n) is 3.42. The fraction of sp³-hybridized carbons (Fsp3) is 0.0625. The molecule has 122 valence electrons. The molecule has 24 heavy (non-hydrogen) atoms. The smallest absolute Gasteiger partial charge is 0.339 e. The van der Waals surface area contributed by atoms with Crippen molar-refractivity contribution in [3.05, 3.63) is 85.6 Å². The first-order chi connectivity index (χ1) is 11.5. The maximum Gasteiger partial charge on any atom is 0.339 e. The van der Waals surface area contributed by atoms with E-state index >= 15 is 0 Å². The van der Waals surface area contributed by atoms with E-state index in [9.17, 15) is 14.9 Å². The van der Waals surface area contributed by atoms with Gasteiger partial charge in [-0.1, -0.05) is 41.4 Å². The lowest BCUT2D eigenvalue weighted by molar-refractivity contribution is -0.436. The SMILES string of the molecule is O=C1OC(/C(=C/Nc2cc(Cl)cc(Cl)c2)[N+](=O)[O-])c2ccccc21. The van der Waals surface area contributed by atoms with Gasteiger partial charge in [-0.2, -0.15) is 0 Å². The van der Waals surface area contributed by atoms with E-state index < -0.39 is 17.0 Å². The number of anilines is 1. The summed E-state index contributed by atoms with van der Waals surface area (Å²) in [6.45, 7) is 0. The van der Waals surface area contributed by atoms with Gasteiger partial charge in [0.2, 0.25) is 6.10 Å². The van der Waals surface area contributed by atoms with Crippen LogP contribution in [-0.4, -0.2) is 10.9 Å². The lowest BCUT2D eigenvalue weighted by Crippen LogP contribution is -2.12. The van der Waals surface area contributed by atoms with Crippen molar-refractivity contribution in [3.8, 4) is 0 Å². The Bertz CT molecular complexity index is 847. The van der Waals surface area contributed by atoms with E-state index in [-0.39, 0.29) is 5.70 Å². The van der Waals surface area contributed by atoms with Gasteiger partial charge in [0, 0.05) is 21.3 Å². The highest BCUT2D eigenvalue weighted by Gasteiger charge is 2.39. The summed E-state index contributed by atoms with van der Waals surface area (Å²) in [6.07, 6.45) is 0.0908. The Hall–Kier alpha value is -2.57. The van der Waals surface area contributed by atoms with Gasteiger partial charge in [-0.15, -0.1) is 0 Å². The zero-order valence-electron chi connectivity index (χ0n) is 12.0.